The van der Waals surface area contributed by atoms with Crippen LogP contribution >= 0.6 is 0 Å². The molecule has 0 bridgehead atoms. The van der Waals surface area contributed by atoms with E-state index in [1.807, 2.05) is 31.5 Å². The third-order valence-electron chi connectivity index (χ3n) is 6.08. The molecular formula is C24H25N5O. The molecule has 5 rings (SSSR count). The number of aromatic nitrogens is 4. The van der Waals surface area contributed by atoms with E-state index >= 15 is 0 Å². The summed E-state index contributed by atoms with van der Waals surface area (Å²) < 4.78 is 4.51. The molecule has 1 aliphatic rings. The number of fused-ring (bicyclic) bond motifs is 3. The van der Waals surface area contributed by atoms with Crippen molar-refractivity contribution in [2.24, 2.45) is 18.1 Å². The Morgan fingerprint density at radius 3 is 2.77 bits per heavy atom. The molecule has 6 heteroatoms. The molecule has 0 radical (unpaired) electrons. The average Bonchev–Trinajstić information content (AvgIpc) is 3.31. The van der Waals surface area contributed by atoms with Gasteiger partial charge in [-0.25, -0.2) is 4.98 Å². The Bertz CT molecular complexity index is 1210. The van der Waals surface area contributed by atoms with Crippen LogP contribution < -0.4 is 0 Å². The van der Waals surface area contributed by atoms with Crippen molar-refractivity contribution in [1.82, 2.24) is 19.1 Å². The molecule has 3 aromatic heterocycles. The number of imidazole rings is 1. The van der Waals surface area contributed by atoms with E-state index in [0.717, 1.165) is 36.5 Å². The molecule has 1 aliphatic carbocycles. The van der Waals surface area contributed by atoms with Crippen molar-refractivity contribution in [1.29, 1.82) is 0 Å². The third-order valence-corrected chi connectivity index (χ3v) is 6.08. The molecule has 0 saturated heterocycles. The molecule has 0 saturated carbocycles. The zero-order chi connectivity index (χ0) is 20.5. The smallest absolute Gasteiger partial charge is 0.142 e. The molecule has 0 spiro atoms. The summed E-state index contributed by atoms with van der Waals surface area (Å²) >= 11 is 0. The van der Waals surface area contributed by atoms with E-state index < -0.39 is 0 Å². The first-order valence-electron chi connectivity index (χ1n) is 10.4. The highest BCUT2D eigenvalue weighted by atomic mass is 16.6. The van der Waals surface area contributed by atoms with Crippen LogP contribution in [0.3, 0.4) is 0 Å². The first kappa shape index (κ1) is 18.6. The Balaban J connectivity index is 1.55. The summed E-state index contributed by atoms with van der Waals surface area (Å²) in [7, 11) is 2.15. The van der Waals surface area contributed by atoms with Gasteiger partial charge >= 0.3 is 0 Å². The van der Waals surface area contributed by atoms with Gasteiger partial charge in [-0.05, 0) is 43.5 Å². The maximum absolute atomic E-state index is 5.88. The number of hydrogen-bond donors (Lipinski definition) is 0. The minimum Gasteiger partial charge on any atom is -0.391 e. The van der Waals surface area contributed by atoms with Gasteiger partial charge in [-0.1, -0.05) is 23.4 Å². The number of rotatable bonds is 5. The summed E-state index contributed by atoms with van der Waals surface area (Å²) in [6.07, 6.45) is 9.52. The zero-order valence-electron chi connectivity index (χ0n) is 17.3. The number of pyridine rings is 1. The van der Waals surface area contributed by atoms with Gasteiger partial charge < -0.3 is 14.0 Å². The lowest BCUT2D eigenvalue weighted by Gasteiger charge is -2.26. The van der Waals surface area contributed by atoms with Gasteiger partial charge in [-0.2, -0.15) is 0 Å². The summed E-state index contributed by atoms with van der Waals surface area (Å²) in [6, 6.07) is 12.5. The monoisotopic (exact) mass is 399 g/mol. The highest BCUT2D eigenvalue weighted by molar-refractivity contribution is 6.13. The second-order valence-corrected chi connectivity index (χ2v) is 7.87. The molecule has 152 valence electrons. The quantitative estimate of drug-likeness (QED) is 0.471. The fraction of sp³-hybridized carbons (Fsp3) is 0.292. The Hall–Kier alpha value is -3.41. The van der Waals surface area contributed by atoms with Gasteiger partial charge in [-0.15, -0.1) is 0 Å². The van der Waals surface area contributed by atoms with Crippen LogP contribution in [0.15, 0.2) is 66.3 Å². The molecule has 0 amide bonds. The van der Waals surface area contributed by atoms with Crippen molar-refractivity contribution < 1.29 is 4.84 Å². The lowest BCUT2D eigenvalue weighted by molar-refractivity contribution is 0.128. The molecule has 0 aliphatic heterocycles. The standard InChI is InChI=1S/C24H25N5O/c1-17-26-13-14-29(17)15-19-7-8-22-23(20-5-3-4-6-21(20)28(22)2)24(19)27-30-16-18-9-11-25-12-10-18/h3-6,9-14,19H,7-8,15-16H2,1-2H3. The van der Waals surface area contributed by atoms with E-state index in [-0.39, 0.29) is 5.92 Å². The van der Waals surface area contributed by atoms with Gasteiger partial charge in [0, 0.05) is 66.5 Å². The van der Waals surface area contributed by atoms with Crippen molar-refractivity contribution in [2.75, 3.05) is 0 Å². The van der Waals surface area contributed by atoms with Crippen molar-refractivity contribution in [3.8, 4) is 0 Å². The molecule has 1 atom stereocenters. The molecule has 6 nitrogen and oxygen atoms in total. The van der Waals surface area contributed by atoms with Gasteiger partial charge in [0.2, 0.25) is 0 Å². The van der Waals surface area contributed by atoms with Crippen LogP contribution in [0.5, 0.6) is 0 Å². The third kappa shape index (κ3) is 3.28. The number of nitrogens with zero attached hydrogens (tertiary/aromatic N) is 5. The average molecular weight is 399 g/mol. The largest absolute Gasteiger partial charge is 0.391 e. The lowest BCUT2D eigenvalue weighted by atomic mass is 9.84. The van der Waals surface area contributed by atoms with Crippen LogP contribution in [0.4, 0.5) is 0 Å². The first-order chi connectivity index (χ1) is 14.7. The summed E-state index contributed by atoms with van der Waals surface area (Å²) in [4.78, 5) is 14.3. The molecule has 3 heterocycles. The van der Waals surface area contributed by atoms with Gasteiger partial charge in [-0.3, -0.25) is 4.98 Å². The summed E-state index contributed by atoms with van der Waals surface area (Å²) in [5.74, 6) is 1.30. The van der Waals surface area contributed by atoms with Gasteiger partial charge in [0.1, 0.15) is 12.4 Å². The summed E-state index contributed by atoms with van der Waals surface area (Å²) in [6.45, 7) is 3.33. The second-order valence-electron chi connectivity index (χ2n) is 7.87. The SMILES string of the molecule is Cc1nccn1CC1CCc2c(c3ccccc3n2C)C1=NOCc1ccncc1. The Morgan fingerprint density at radius 1 is 1.13 bits per heavy atom. The number of benzene rings is 1. The molecule has 1 unspecified atom stereocenters. The van der Waals surface area contributed by atoms with Crippen molar-refractivity contribution >= 4 is 16.6 Å². The van der Waals surface area contributed by atoms with E-state index in [2.05, 4.69) is 50.4 Å². The topological polar surface area (TPSA) is 57.2 Å². The van der Waals surface area contributed by atoms with Crippen LogP contribution in [0, 0.1) is 12.8 Å². The fourth-order valence-electron chi connectivity index (χ4n) is 4.46. The number of hydrogen-bond acceptors (Lipinski definition) is 4. The first-order valence-corrected chi connectivity index (χ1v) is 10.4. The molecule has 4 aromatic rings. The minimum absolute atomic E-state index is 0.272. The van der Waals surface area contributed by atoms with E-state index in [4.69, 9.17) is 9.99 Å². The Morgan fingerprint density at radius 2 is 1.97 bits per heavy atom. The number of oxime groups is 1. The Labute approximate surface area is 175 Å². The zero-order valence-corrected chi connectivity index (χ0v) is 17.3. The summed E-state index contributed by atoms with van der Waals surface area (Å²) in [5, 5.41) is 5.97. The fourth-order valence-corrected chi connectivity index (χ4v) is 4.46. The molecular weight excluding hydrogens is 374 g/mol. The van der Waals surface area contributed by atoms with Crippen LogP contribution in [0.2, 0.25) is 0 Å². The number of aryl methyl sites for hydroxylation is 2. The normalized spacial score (nSPS) is 17.4. The molecule has 30 heavy (non-hydrogen) atoms. The van der Waals surface area contributed by atoms with Crippen LogP contribution in [0.1, 0.15) is 29.1 Å². The molecule has 0 N–H and O–H groups in total. The second kappa shape index (κ2) is 7.78. The predicted molar refractivity (Wildman–Crippen MR) is 117 cm³/mol. The van der Waals surface area contributed by atoms with Crippen LogP contribution in [0.25, 0.3) is 10.9 Å². The summed E-state index contributed by atoms with van der Waals surface area (Å²) in [5.41, 5.74) is 5.90. The highest BCUT2D eigenvalue weighted by Crippen LogP contribution is 2.35. The maximum Gasteiger partial charge on any atom is 0.142 e. The van der Waals surface area contributed by atoms with E-state index in [0.29, 0.717) is 6.61 Å². The van der Waals surface area contributed by atoms with Gasteiger partial charge in [0.05, 0.1) is 5.71 Å². The van der Waals surface area contributed by atoms with E-state index in [9.17, 15) is 0 Å². The van der Waals surface area contributed by atoms with Gasteiger partial charge in [0.25, 0.3) is 0 Å². The minimum atomic E-state index is 0.272. The Kier molecular flexibility index (Phi) is 4.83. The maximum atomic E-state index is 5.88. The van der Waals surface area contributed by atoms with Gasteiger partial charge in [0.15, 0.2) is 0 Å². The van der Waals surface area contributed by atoms with Crippen LogP contribution in [-0.2, 0) is 31.5 Å². The van der Waals surface area contributed by atoms with Crippen molar-refractivity contribution in [2.45, 2.75) is 32.9 Å². The van der Waals surface area contributed by atoms with Crippen LogP contribution in [-0.4, -0.2) is 24.8 Å². The van der Waals surface area contributed by atoms with Crippen molar-refractivity contribution in [3.05, 3.63) is 83.8 Å². The molecule has 0 fully saturated rings. The van der Waals surface area contributed by atoms with E-state index in [1.54, 1.807) is 12.4 Å². The number of para-hydroxylation sites is 1. The molecule has 1 aromatic carbocycles. The highest BCUT2D eigenvalue weighted by Gasteiger charge is 2.31. The lowest BCUT2D eigenvalue weighted by Crippen LogP contribution is -2.28. The predicted octanol–water partition coefficient (Wildman–Crippen LogP) is 4.26. The van der Waals surface area contributed by atoms with E-state index in [1.165, 1.54) is 22.2 Å². The van der Waals surface area contributed by atoms with Crippen molar-refractivity contribution in [3.63, 3.8) is 0 Å².